The molecule has 3 aromatic rings. The highest BCUT2D eigenvalue weighted by atomic mass is 32.2. The zero-order valence-corrected chi connectivity index (χ0v) is 12.2. The van der Waals surface area contributed by atoms with Crippen LogP contribution in [0, 0.1) is 11.6 Å². The van der Waals surface area contributed by atoms with Crippen molar-refractivity contribution in [2.45, 2.75) is 4.90 Å². The van der Waals surface area contributed by atoms with Gasteiger partial charge in [-0.3, -0.25) is 4.72 Å². The van der Waals surface area contributed by atoms with E-state index in [0.29, 0.717) is 11.9 Å². The van der Waals surface area contributed by atoms with Crippen molar-refractivity contribution in [2.75, 3.05) is 4.72 Å². The largest absolute Gasteiger partial charge is 0.266 e. The number of hydrogen-bond donors (Lipinski definition) is 1. The zero-order chi connectivity index (χ0) is 16.4. The Hall–Kier alpha value is -2.88. The molecule has 10 heteroatoms. The molecule has 118 valence electrons. The molecule has 0 fully saturated rings. The van der Waals surface area contributed by atoms with Crippen LogP contribution >= 0.6 is 0 Å². The number of nitrogens with one attached hydrogen (secondary N) is 1. The van der Waals surface area contributed by atoms with E-state index >= 15 is 0 Å². The van der Waals surface area contributed by atoms with Crippen molar-refractivity contribution < 1.29 is 17.2 Å². The number of hydrogen-bond acceptors (Lipinski definition) is 5. The standard InChI is InChI=1S/C13H9F2N5O2S/c14-9-2-3-10(15)11(6-9)23(21,22)19-12-7-13(17-8-16-12)20-5-1-4-18-20/h1-8H,(H,16,17,19). The Bertz CT molecular complexity index is 945. The van der Waals surface area contributed by atoms with Gasteiger partial charge >= 0.3 is 0 Å². The van der Waals surface area contributed by atoms with Crippen molar-refractivity contribution in [3.63, 3.8) is 0 Å². The number of aromatic nitrogens is 4. The predicted octanol–water partition coefficient (Wildman–Crippen LogP) is 1.74. The topological polar surface area (TPSA) is 89.8 Å². The summed E-state index contributed by atoms with van der Waals surface area (Å²) in [5, 5.41) is 3.95. The Labute approximate surface area is 129 Å². The molecule has 0 bridgehead atoms. The van der Waals surface area contributed by atoms with Gasteiger partial charge in [0.2, 0.25) is 0 Å². The summed E-state index contributed by atoms with van der Waals surface area (Å²) in [5.41, 5.74) is 0. The minimum Gasteiger partial charge on any atom is -0.263 e. The molecule has 0 amide bonds. The van der Waals surface area contributed by atoms with Gasteiger partial charge in [0.15, 0.2) is 5.82 Å². The van der Waals surface area contributed by atoms with Gasteiger partial charge in [-0.1, -0.05) is 0 Å². The minimum absolute atomic E-state index is 0.103. The molecular weight excluding hydrogens is 328 g/mol. The van der Waals surface area contributed by atoms with Gasteiger partial charge in [0.05, 0.1) is 0 Å². The van der Waals surface area contributed by atoms with Crippen molar-refractivity contribution in [1.82, 2.24) is 19.7 Å². The van der Waals surface area contributed by atoms with Crippen LogP contribution < -0.4 is 4.72 Å². The first-order chi connectivity index (χ1) is 11.0. The second-order valence-corrected chi connectivity index (χ2v) is 6.04. The van der Waals surface area contributed by atoms with Crippen LogP contribution in [0.5, 0.6) is 0 Å². The third-order valence-corrected chi connectivity index (χ3v) is 4.18. The monoisotopic (exact) mass is 337 g/mol. The maximum Gasteiger partial charge on any atom is 0.266 e. The van der Waals surface area contributed by atoms with Crippen LogP contribution in [0.2, 0.25) is 0 Å². The average Bonchev–Trinajstić information content (AvgIpc) is 3.04. The summed E-state index contributed by atoms with van der Waals surface area (Å²) in [7, 11) is -4.34. The zero-order valence-electron chi connectivity index (χ0n) is 11.4. The van der Waals surface area contributed by atoms with Crippen LogP contribution in [0.1, 0.15) is 0 Å². The lowest BCUT2D eigenvalue weighted by Crippen LogP contribution is -2.16. The molecule has 0 spiro atoms. The van der Waals surface area contributed by atoms with Crippen molar-refractivity contribution >= 4 is 15.8 Å². The van der Waals surface area contributed by atoms with Crippen molar-refractivity contribution in [3.8, 4) is 5.82 Å². The maximum atomic E-state index is 13.6. The second kappa shape index (κ2) is 5.72. The molecule has 23 heavy (non-hydrogen) atoms. The quantitative estimate of drug-likeness (QED) is 0.783. The Kier molecular flexibility index (Phi) is 3.74. The van der Waals surface area contributed by atoms with Crippen molar-refractivity contribution in [1.29, 1.82) is 0 Å². The molecule has 0 radical (unpaired) electrons. The Morgan fingerprint density at radius 1 is 1.13 bits per heavy atom. The SMILES string of the molecule is O=S(=O)(Nc1cc(-n2cccn2)ncn1)c1cc(F)ccc1F. The molecule has 0 atom stereocenters. The smallest absolute Gasteiger partial charge is 0.263 e. The van der Waals surface area contributed by atoms with Gasteiger partial charge in [0.25, 0.3) is 10.0 Å². The van der Waals surface area contributed by atoms with E-state index < -0.39 is 26.6 Å². The summed E-state index contributed by atoms with van der Waals surface area (Å²) < 4.78 is 54.6. The van der Waals surface area contributed by atoms with Gasteiger partial charge in [-0.25, -0.2) is 31.8 Å². The third-order valence-electron chi connectivity index (χ3n) is 2.81. The summed E-state index contributed by atoms with van der Waals surface area (Å²) in [5.74, 6) is -1.73. The van der Waals surface area contributed by atoms with Gasteiger partial charge in [-0.15, -0.1) is 0 Å². The molecule has 0 saturated heterocycles. The van der Waals surface area contributed by atoms with Gasteiger partial charge in [-0.2, -0.15) is 5.10 Å². The normalized spacial score (nSPS) is 11.4. The summed E-state index contributed by atoms with van der Waals surface area (Å²) in [6, 6.07) is 5.12. The van der Waals surface area contributed by atoms with Crippen LogP contribution in [-0.2, 0) is 10.0 Å². The lowest BCUT2D eigenvalue weighted by Gasteiger charge is -2.09. The first-order valence-corrected chi connectivity index (χ1v) is 7.74. The van der Waals surface area contributed by atoms with Crippen LogP contribution in [0.4, 0.5) is 14.6 Å². The van der Waals surface area contributed by atoms with Crippen LogP contribution in [-0.4, -0.2) is 28.2 Å². The molecule has 1 N–H and O–H groups in total. The highest BCUT2D eigenvalue weighted by molar-refractivity contribution is 7.92. The van der Waals surface area contributed by atoms with E-state index in [9.17, 15) is 17.2 Å². The minimum atomic E-state index is -4.34. The Morgan fingerprint density at radius 2 is 1.96 bits per heavy atom. The molecule has 3 rings (SSSR count). The van der Waals surface area contributed by atoms with E-state index in [0.717, 1.165) is 18.5 Å². The van der Waals surface area contributed by atoms with E-state index in [1.54, 1.807) is 12.3 Å². The van der Waals surface area contributed by atoms with E-state index in [1.165, 1.54) is 16.9 Å². The highest BCUT2D eigenvalue weighted by Crippen LogP contribution is 2.19. The summed E-state index contributed by atoms with van der Waals surface area (Å²) in [4.78, 5) is 6.88. The van der Waals surface area contributed by atoms with Crippen LogP contribution in [0.3, 0.4) is 0 Å². The predicted molar refractivity (Wildman–Crippen MR) is 76.3 cm³/mol. The first-order valence-electron chi connectivity index (χ1n) is 6.26. The molecular formula is C13H9F2N5O2S. The molecule has 0 aliphatic heterocycles. The fourth-order valence-electron chi connectivity index (χ4n) is 1.81. The fourth-order valence-corrected chi connectivity index (χ4v) is 2.90. The number of halogens is 2. The van der Waals surface area contributed by atoms with E-state index in [1.807, 2.05) is 0 Å². The summed E-state index contributed by atoms with van der Waals surface area (Å²) >= 11 is 0. The van der Waals surface area contributed by atoms with Gasteiger partial charge in [-0.05, 0) is 24.3 Å². The van der Waals surface area contributed by atoms with E-state index in [4.69, 9.17) is 0 Å². The van der Waals surface area contributed by atoms with Crippen molar-refractivity contribution in [3.05, 3.63) is 60.7 Å². The molecule has 2 aromatic heterocycles. The third kappa shape index (κ3) is 3.16. The fraction of sp³-hybridized carbons (Fsp3) is 0. The van der Waals surface area contributed by atoms with Crippen LogP contribution in [0.25, 0.3) is 5.82 Å². The number of sulfonamides is 1. The number of rotatable bonds is 4. The van der Waals surface area contributed by atoms with Crippen molar-refractivity contribution in [2.24, 2.45) is 0 Å². The number of benzene rings is 1. The first kappa shape index (κ1) is 15.0. The second-order valence-electron chi connectivity index (χ2n) is 4.39. The average molecular weight is 337 g/mol. The molecule has 2 heterocycles. The molecule has 0 aliphatic rings. The summed E-state index contributed by atoms with van der Waals surface area (Å²) in [6.45, 7) is 0. The molecule has 0 saturated carbocycles. The lowest BCUT2D eigenvalue weighted by molar-refractivity contribution is 0.555. The highest BCUT2D eigenvalue weighted by Gasteiger charge is 2.21. The summed E-state index contributed by atoms with van der Waals surface area (Å²) in [6.07, 6.45) is 4.25. The Balaban J connectivity index is 1.95. The lowest BCUT2D eigenvalue weighted by atomic mass is 10.3. The molecule has 7 nitrogen and oxygen atoms in total. The Morgan fingerprint density at radius 3 is 2.70 bits per heavy atom. The maximum absolute atomic E-state index is 13.6. The van der Waals surface area contributed by atoms with E-state index in [-0.39, 0.29) is 5.82 Å². The van der Waals surface area contributed by atoms with Crippen LogP contribution in [0.15, 0.2) is 53.9 Å². The molecule has 1 aromatic carbocycles. The number of nitrogens with zero attached hydrogens (tertiary/aromatic N) is 4. The van der Waals surface area contributed by atoms with Gasteiger partial charge < -0.3 is 0 Å². The van der Waals surface area contributed by atoms with Gasteiger partial charge in [0, 0.05) is 18.5 Å². The van der Waals surface area contributed by atoms with E-state index in [2.05, 4.69) is 19.8 Å². The van der Waals surface area contributed by atoms with Gasteiger partial charge in [0.1, 0.15) is 28.7 Å². The number of anilines is 1. The molecule has 0 aliphatic carbocycles. The molecule has 0 unspecified atom stereocenters.